The minimum atomic E-state index is -0.653. The summed E-state index contributed by atoms with van der Waals surface area (Å²) in [6.07, 6.45) is 4.77. The first-order valence-electron chi connectivity index (χ1n) is 11.0. The van der Waals surface area contributed by atoms with Crippen LogP contribution in [0.2, 0.25) is 0 Å². The van der Waals surface area contributed by atoms with Crippen LogP contribution in [0.4, 0.5) is 25.2 Å². The van der Waals surface area contributed by atoms with E-state index in [-0.39, 0.29) is 30.9 Å². The van der Waals surface area contributed by atoms with Gasteiger partial charge in [0, 0.05) is 24.4 Å². The largest absolute Gasteiger partial charge is 0.441 e. The summed E-state index contributed by atoms with van der Waals surface area (Å²) in [6.45, 7) is 1.24. The molecule has 1 aliphatic carbocycles. The molecule has 3 aromatic rings. The number of carbonyl (C=O) groups excluding carboxylic acids is 1. The Morgan fingerprint density at radius 1 is 1.03 bits per heavy atom. The average Bonchev–Trinajstić information content (AvgIpc) is 3.14. The van der Waals surface area contributed by atoms with Gasteiger partial charge in [0.1, 0.15) is 28.9 Å². The van der Waals surface area contributed by atoms with E-state index in [0.29, 0.717) is 35.4 Å². The molecule has 2 fully saturated rings. The van der Waals surface area contributed by atoms with Gasteiger partial charge >= 0.3 is 6.09 Å². The standard InChI is InChI=1S/C24H23F2N5O2.2ClH/c25-18-11-17(12-19(26)13-18)20-4-5-21(30-29-20)28-14-16-6-8-24(9-7-16)15-31(23(32)33-24)22-3-1-2-10-27-22;;/h1-5,10-13,16H,6-9,14-15H2,(H,28,30);2*1H/t16-,24-;;. The third-order valence-electron chi connectivity index (χ3n) is 6.31. The van der Waals surface area contributed by atoms with Crippen LogP contribution < -0.4 is 10.2 Å². The van der Waals surface area contributed by atoms with Crippen LogP contribution in [-0.4, -0.2) is 40.0 Å². The fraction of sp³-hybridized carbons (Fsp3) is 0.333. The number of pyridine rings is 1. The van der Waals surface area contributed by atoms with E-state index in [1.807, 2.05) is 18.2 Å². The molecule has 2 aliphatic rings. The van der Waals surface area contributed by atoms with Gasteiger partial charge in [0.15, 0.2) is 0 Å². The molecule has 0 unspecified atom stereocenters. The van der Waals surface area contributed by atoms with Gasteiger partial charge in [-0.2, -0.15) is 0 Å². The Morgan fingerprint density at radius 3 is 2.40 bits per heavy atom. The van der Waals surface area contributed by atoms with Crippen LogP contribution in [0.25, 0.3) is 11.3 Å². The predicted molar refractivity (Wildman–Crippen MR) is 133 cm³/mol. The van der Waals surface area contributed by atoms with Crippen LogP contribution in [0.1, 0.15) is 25.7 Å². The molecule has 0 atom stereocenters. The number of benzene rings is 1. The third kappa shape index (κ3) is 5.97. The molecule has 1 saturated carbocycles. The lowest BCUT2D eigenvalue weighted by molar-refractivity contribution is 0.0148. The SMILES string of the molecule is Cl.Cl.O=C1O[C@]2(CC[C@H](CNc3ccc(-c4cc(F)cc(F)c4)nn3)CC2)CN1c1ccccn1. The Bertz CT molecular complexity index is 1130. The topological polar surface area (TPSA) is 80.2 Å². The quantitative estimate of drug-likeness (QED) is 0.464. The second-order valence-electron chi connectivity index (χ2n) is 8.61. The molecule has 0 bridgehead atoms. The second-order valence-corrected chi connectivity index (χ2v) is 8.61. The van der Waals surface area contributed by atoms with Crippen molar-refractivity contribution >= 4 is 42.5 Å². The zero-order valence-corrected chi connectivity index (χ0v) is 20.3. The highest BCUT2D eigenvalue weighted by molar-refractivity contribution is 5.89. The minimum absolute atomic E-state index is 0. The van der Waals surface area contributed by atoms with E-state index < -0.39 is 17.2 Å². The van der Waals surface area contributed by atoms with Crippen molar-refractivity contribution in [3.05, 3.63) is 66.4 Å². The Hall–Kier alpha value is -3.04. The molecule has 1 amide bonds. The van der Waals surface area contributed by atoms with E-state index in [1.54, 1.807) is 23.2 Å². The summed E-state index contributed by atoms with van der Waals surface area (Å²) in [5.41, 5.74) is 0.293. The van der Waals surface area contributed by atoms with Crippen molar-refractivity contribution in [3.63, 3.8) is 0 Å². The van der Waals surface area contributed by atoms with Crippen molar-refractivity contribution in [1.82, 2.24) is 15.2 Å². The van der Waals surface area contributed by atoms with Crippen LogP contribution in [0.15, 0.2) is 54.7 Å². The van der Waals surface area contributed by atoms with Crippen LogP contribution >= 0.6 is 24.8 Å². The summed E-state index contributed by atoms with van der Waals surface area (Å²) < 4.78 is 32.6. The molecule has 1 aromatic carbocycles. The number of rotatable bonds is 5. The zero-order valence-electron chi connectivity index (χ0n) is 18.7. The first kappa shape index (κ1) is 26.6. The number of nitrogens with zero attached hydrogens (tertiary/aromatic N) is 4. The maximum absolute atomic E-state index is 13.4. The van der Waals surface area contributed by atoms with Gasteiger partial charge in [-0.3, -0.25) is 4.90 Å². The number of aromatic nitrogens is 3. The molecule has 11 heteroatoms. The van der Waals surface area contributed by atoms with Crippen molar-refractivity contribution < 1.29 is 18.3 Å². The molecule has 3 heterocycles. The molecular weight excluding hydrogens is 499 g/mol. The van der Waals surface area contributed by atoms with E-state index in [2.05, 4.69) is 20.5 Å². The van der Waals surface area contributed by atoms with Gasteiger partial charge in [-0.15, -0.1) is 35.0 Å². The Balaban J connectivity index is 0.00000171. The highest BCUT2D eigenvalue weighted by Crippen LogP contribution is 2.40. The van der Waals surface area contributed by atoms with Crippen LogP contribution in [-0.2, 0) is 4.74 Å². The summed E-state index contributed by atoms with van der Waals surface area (Å²) in [5, 5.41) is 11.5. The minimum Gasteiger partial charge on any atom is -0.441 e. The van der Waals surface area contributed by atoms with Crippen LogP contribution in [0.5, 0.6) is 0 Å². The summed E-state index contributed by atoms with van der Waals surface area (Å²) in [6, 6.07) is 12.2. The Morgan fingerprint density at radius 2 is 1.77 bits per heavy atom. The van der Waals surface area contributed by atoms with Gasteiger partial charge in [-0.1, -0.05) is 6.07 Å². The smallest absolute Gasteiger partial charge is 0.416 e. The van der Waals surface area contributed by atoms with E-state index in [4.69, 9.17) is 4.74 Å². The molecule has 186 valence electrons. The lowest BCUT2D eigenvalue weighted by Gasteiger charge is -2.35. The highest BCUT2D eigenvalue weighted by atomic mass is 35.5. The van der Waals surface area contributed by atoms with E-state index in [1.165, 1.54) is 12.1 Å². The fourth-order valence-corrected chi connectivity index (χ4v) is 4.51. The number of carbonyl (C=O) groups is 1. The number of anilines is 2. The van der Waals surface area contributed by atoms with Crippen molar-refractivity contribution in [2.24, 2.45) is 5.92 Å². The molecule has 0 radical (unpaired) electrons. The Kier molecular flexibility index (Phi) is 8.45. The number of nitrogens with one attached hydrogen (secondary N) is 1. The van der Waals surface area contributed by atoms with E-state index >= 15 is 0 Å². The van der Waals surface area contributed by atoms with Crippen molar-refractivity contribution in [1.29, 1.82) is 0 Å². The van der Waals surface area contributed by atoms with Crippen LogP contribution in [0.3, 0.4) is 0 Å². The monoisotopic (exact) mass is 523 g/mol. The van der Waals surface area contributed by atoms with Gasteiger partial charge in [0.2, 0.25) is 0 Å². The number of ether oxygens (including phenoxy) is 1. The molecule has 7 nitrogen and oxygen atoms in total. The lowest BCUT2D eigenvalue weighted by atomic mass is 9.78. The summed E-state index contributed by atoms with van der Waals surface area (Å²) in [5.74, 6) is 0.327. The molecular formula is C24H25Cl2F2N5O2. The second kappa shape index (κ2) is 11.1. The normalized spacial score (nSPS) is 21.1. The molecule has 1 N–H and O–H groups in total. The Labute approximate surface area is 214 Å². The number of hydrogen-bond donors (Lipinski definition) is 1. The molecule has 1 aliphatic heterocycles. The molecule has 2 aromatic heterocycles. The summed E-state index contributed by atoms with van der Waals surface area (Å²) in [7, 11) is 0. The first-order valence-corrected chi connectivity index (χ1v) is 11.0. The first-order chi connectivity index (χ1) is 16.0. The van der Waals surface area contributed by atoms with E-state index in [0.717, 1.165) is 38.3 Å². The van der Waals surface area contributed by atoms with Gasteiger partial charge < -0.3 is 10.1 Å². The summed E-state index contributed by atoms with van der Waals surface area (Å²) >= 11 is 0. The van der Waals surface area contributed by atoms with Crippen molar-refractivity contribution in [2.45, 2.75) is 31.3 Å². The molecule has 35 heavy (non-hydrogen) atoms. The van der Waals surface area contributed by atoms with Gasteiger partial charge in [0.25, 0.3) is 0 Å². The highest BCUT2D eigenvalue weighted by Gasteiger charge is 2.47. The van der Waals surface area contributed by atoms with Crippen LogP contribution in [0, 0.1) is 17.6 Å². The zero-order chi connectivity index (χ0) is 22.8. The fourth-order valence-electron chi connectivity index (χ4n) is 4.51. The van der Waals surface area contributed by atoms with Gasteiger partial charge in [-0.25, -0.2) is 18.6 Å². The molecule has 5 rings (SSSR count). The maximum Gasteiger partial charge on any atom is 0.416 e. The predicted octanol–water partition coefficient (Wildman–Crippen LogP) is 5.66. The summed E-state index contributed by atoms with van der Waals surface area (Å²) in [4.78, 5) is 18.3. The number of hydrogen-bond acceptors (Lipinski definition) is 6. The van der Waals surface area contributed by atoms with E-state index in [9.17, 15) is 13.6 Å². The maximum atomic E-state index is 13.4. The molecule has 1 spiro atoms. The van der Waals surface area contributed by atoms with Gasteiger partial charge in [-0.05, 0) is 68.0 Å². The van der Waals surface area contributed by atoms with Crippen molar-refractivity contribution in [3.8, 4) is 11.3 Å². The molecule has 1 saturated heterocycles. The number of amides is 1. The van der Waals surface area contributed by atoms with Crippen molar-refractivity contribution in [2.75, 3.05) is 23.3 Å². The number of halogens is 4. The van der Waals surface area contributed by atoms with Gasteiger partial charge in [0.05, 0.1) is 12.2 Å². The lowest BCUT2D eigenvalue weighted by Crippen LogP contribution is -2.39. The average molecular weight is 524 g/mol. The third-order valence-corrected chi connectivity index (χ3v) is 6.31.